The van der Waals surface area contributed by atoms with E-state index in [-0.39, 0.29) is 22.6 Å². The summed E-state index contributed by atoms with van der Waals surface area (Å²) in [4.78, 5) is 21.6. The first kappa shape index (κ1) is 23.2. The number of rotatable bonds is 6. The Balaban J connectivity index is 0.000000541. The number of carbonyl (C=O) groups excluding carboxylic acids is 2. The molecule has 1 aliphatic heterocycles. The van der Waals surface area contributed by atoms with Gasteiger partial charge in [-0.25, -0.2) is 0 Å². The van der Waals surface area contributed by atoms with E-state index in [1.165, 1.54) is 25.0 Å². The first-order valence-corrected chi connectivity index (χ1v) is 10.2. The predicted molar refractivity (Wildman–Crippen MR) is 120 cm³/mol. The van der Waals surface area contributed by atoms with Crippen molar-refractivity contribution in [1.29, 1.82) is 10.5 Å². The monoisotopic (exact) mass is 440 g/mol. The van der Waals surface area contributed by atoms with E-state index in [1.807, 2.05) is 12.1 Å². The second-order valence-electron chi connectivity index (χ2n) is 6.97. The van der Waals surface area contributed by atoms with Gasteiger partial charge in [0.25, 0.3) is 0 Å². The van der Waals surface area contributed by atoms with Crippen LogP contribution in [0.5, 0.6) is 23.0 Å². The molecule has 1 aliphatic rings. The Bertz CT molecular complexity index is 1090. The third-order valence-corrected chi connectivity index (χ3v) is 4.64. The molecular weight excluding hydrogens is 420 g/mol. The molecule has 3 aromatic carbocycles. The molecule has 0 N–H and O–H groups in total. The van der Waals surface area contributed by atoms with Gasteiger partial charge in [-0.15, -0.1) is 0 Å². The Morgan fingerprint density at radius 1 is 0.697 bits per heavy atom. The van der Waals surface area contributed by atoms with Crippen molar-refractivity contribution in [2.75, 3.05) is 13.2 Å². The van der Waals surface area contributed by atoms with Crippen LogP contribution in [-0.2, 0) is 4.74 Å². The van der Waals surface area contributed by atoms with Gasteiger partial charge in [-0.2, -0.15) is 10.5 Å². The van der Waals surface area contributed by atoms with E-state index in [0.29, 0.717) is 22.6 Å². The zero-order valence-corrected chi connectivity index (χ0v) is 17.7. The number of nitriles is 2. The maximum Gasteiger partial charge on any atom is 0.171 e. The van der Waals surface area contributed by atoms with Crippen molar-refractivity contribution in [3.63, 3.8) is 0 Å². The highest BCUT2D eigenvalue weighted by atomic mass is 16.5. The summed E-state index contributed by atoms with van der Waals surface area (Å²) in [5.41, 5.74) is 1.28. The maximum absolute atomic E-state index is 10.8. The van der Waals surface area contributed by atoms with Crippen molar-refractivity contribution < 1.29 is 23.8 Å². The highest BCUT2D eigenvalue weighted by Crippen LogP contribution is 2.37. The summed E-state index contributed by atoms with van der Waals surface area (Å²) in [5.74, 6) is 1.32. The van der Waals surface area contributed by atoms with Gasteiger partial charge in [0.15, 0.2) is 11.5 Å². The second-order valence-corrected chi connectivity index (χ2v) is 6.97. The molecular formula is C26H20N2O5. The fraction of sp³-hybridized carbons (Fsp3) is 0.154. The number of aldehydes is 2. The molecule has 33 heavy (non-hydrogen) atoms. The number of nitrogens with zero attached hydrogens (tertiary/aromatic N) is 2. The van der Waals surface area contributed by atoms with Crippen LogP contribution in [0.3, 0.4) is 0 Å². The Hall–Kier alpha value is -4.46. The van der Waals surface area contributed by atoms with Crippen molar-refractivity contribution in [1.82, 2.24) is 0 Å². The number of ether oxygens (including phenoxy) is 3. The minimum atomic E-state index is 0.144. The van der Waals surface area contributed by atoms with E-state index in [9.17, 15) is 20.1 Å². The lowest BCUT2D eigenvalue weighted by atomic mass is 10.1. The van der Waals surface area contributed by atoms with Gasteiger partial charge in [-0.3, -0.25) is 9.59 Å². The largest absolute Gasteiger partial charge is 0.453 e. The van der Waals surface area contributed by atoms with E-state index in [1.54, 1.807) is 48.5 Å². The smallest absolute Gasteiger partial charge is 0.171 e. The fourth-order valence-corrected chi connectivity index (χ4v) is 2.90. The molecule has 7 nitrogen and oxygen atoms in total. The molecule has 1 fully saturated rings. The Kier molecular flexibility index (Phi) is 8.30. The molecule has 0 radical (unpaired) electrons. The lowest BCUT2D eigenvalue weighted by Gasteiger charge is -2.14. The summed E-state index contributed by atoms with van der Waals surface area (Å²) in [6, 6.07) is 19.5. The predicted octanol–water partition coefficient (Wildman–Crippen LogP) is 5.44. The van der Waals surface area contributed by atoms with Crippen molar-refractivity contribution in [3.8, 4) is 35.1 Å². The average molecular weight is 440 g/mol. The Morgan fingerprint density at radius 3 is 1.36 bits per heavy atom. The number of hydrogen-bond acceptors (Lipinski definition) is 7. The van der Waals surface area contributed by atoms with Crippen molar-refractivity contribution in [2.24, 2.45) is 0 Å². The Labute approximate surface area is 191 Å². The highest BCUT2D eigenvalue weighted by Gasteiger charge is 2.14. The average Bonchev–Trinajstić information content (AvgIpc) is 3.46. The molecule has 1 saturated heterocycles. The first-order chi connectivity index (χ1) is 16.2. The fourth-order valence-electron chi connectivity index (χ4n) is 2.90. The van der Waals surface area contributed by atoms with Gasteiger partial charge >= 0.3 is 0 Å². The van der Waals surface area contributed by atoms with Crippen molar-refractivity contribution >= 4 is 12.6 Å². The van der Waals surface area contributed by atoms with Crippen molar-refractivity contribution in [2.45, 2.75) is 12.8 Å². The van der Waals surface area contributed by atoms with Crippen LogP contribution in [0.15, 0.2) is 60.7 Å². The molecule has 0 aromatic heterocycles. The maximum atomic E-state index is 10.8. The summed E-state index contributed by atoms with van der Waals surface area (Å²) in [7, 11) is 0. The molecule has 0 aliphatic carbocycles. The summed E-state index contributed by atoms with van der Waals surface area (Å²) in [5, 5.41) is 18.6. The minimum Gasteiger partial charge on any atom is -0.453 e. The van der Waals surface area contributed by atoms with E-state index in [2.05, 4.69) is 0 Å². The Morgan fingerprint density at radius 2 is 1.09 bits per heavy atom. The first-order valence-electron chi connectivity index (χ1n) is 10.2. The highest BCUT2D eigenvalue weighted by molar-refractivity contribution is 5.75. The molecule has 0 amide bonds. The molecule has 0 spiro atoms. The zero-order chi connectivity index (χ0) is 23.5. The van der Waals surface area contributed by atoms with Crippen LogP contribution in [0.2, 0.25) is 0 Å². The molecule has 7 heteroatoms. The summed E-state index contributed by atoms with van der Waals surface area (Å²) >= 11 is 0. The molecule has 0 bridgehead atoms. The molecule has 0 unspecified atom stereocenters. The second kappa shape index (κ2) is 11.8. The van der Waals surface area contributed by atoms with Crippen LogP contribution in [0, 0.1) is 22.7 Å². The van der Waals surface area contributed by atoms with E-state index in [0.717, 1.165) is 25.8 Å². The summed E-state index contributed by atoms with van der Waals surface area (Å²) < 4.78 is 16.6. The molecule has 3 aromatic rings. The van der Waals surface area contributed by atoms with Crippen molar-refractivity contribution in [3.05, 3.63) is 82.9 Å². The van der Waals surface area contributed by atoms with Gasteiger partial charge in [0.1, 0.15) is 36.2 Å². The zero-order valence-electron chi connectivity index (χ0n) is 17.7. The van der Waals surface area contributed by atoms with Crippen LogP contribution < -0.4 is 9.47 Å². The van der Waals surface area contributed by atoms with E-state index in [4.69, 9.17) is 14.2 Å². The van der Waals surface area contributed by atoms with Gasteiger partial charge in [-0.1, -0.05) is 0 Å². The van der Waals surface area contributed by atoms with Gasteiger partial charge < -0.3 is 14.2 Å². The van der Waals surface area contributed by atoms with Gasteiger partial charge in [0, 0.05) is 36.5 Å². The van der Waals surface area contributed by atoms with Gasteiger partial charge in [-0.05, 0) is 61.4 Å². The third-order valence-electron chi connectivity index (χ3n) is 4.64. The summed E-state index contributed by atoms with van der Waals surface area (Å²) in [6.45, 7) is 2.00. The number of hydrogen-bond donors (Lipinski definition) is 0. The normalized spacial score (nSPS) is 11.8. The van der Waals surface area contributed by atoms with E-state index < -0.39 is 0 Å². The van der Waals surface area contributed by atoms with Crippen LogP contribution in [-0.4, -0.2) is 25.8 Å². The van der Waals surface area contributed by atoms with E-state index >= 15 is 0 Å². The third kappa shape index (κ3) is 6.51. The molecule has 1 heterocycles. The molecule has 4 rings (SSSR count). The lowest BCUT2D eigenvalue weighted by molar-refractivity contribution is 0.111. The van der Waals surface area contributed by atoms with Crippen LogP contribution >= 0.6 is 0 Å². The van der Waals surface area contributed by atoms with Gasteiger partial charge in [0.2, 0.25) is 0 Å². The van der Waals surface area contributed by atoms with Crippen LogP contribution in [0.25, 0.3) is 0 Å². The van der Waals surface area contributed by atoms with Gasteiger partial charge in [0.05, 0.1) is 11.1 Å². The summed E-state index contributed by atoms with van der Waals surface area (Å²) in [6.07, 6.45) is 3.99. The minimum absolute atomic E-state index is 0.144. The lowest BCUT2D eigenvalue weighted by Crippen LogP contribution is -1.95. The van der Waals surface area contributed by atoms with Crippen LogP contribution in [0.1, 0.15) is 44.7 Å². The number of carbonyl (C=O) groups is 2. The molecule has 164 valence electrons. The number of benzene rings is 3. The molecule has 0 saturated carbocycles. The topological polar surface area (TPSA) is 109 Å². The molecule has 0 atom stereocenters. The quantitative estimate of drug-likeness (QED) is 0.470. The van der Waals surface area contributed by atoms with Crippen LogP contribution in [0.4, 0.5) is 0 Å². The SMILES string of the molecule is C1CCOC1.N#Cc1cc(Oc2ccc(C=O)cc2)c(Oc2ccc(C=O)cc2)cc1C#N. The standard InChI is InChI=1S/C22H12N2O4.C4H8O/c23-11-17-9-21(27-19-5-1-15(13-25)2-6-19)22(10-18(17)12-24)28-20-7-3-16(14-26)4-8-20;1-2-4-5-3-1/h1-10,13-14H;1-4H2.